The van der Waals surface area contributed by atoms with Crippen molar-refractivity contribution in [3.63, 3.8) is 0 Å². The van der Waals surface area contributed by atoms with Crippen molar-refractivity contribution < 1.29 is 27.5 Å². The average Bonchev–Trinajstić information content (AvgIpc) is 3.22. The predicted octanol–water partition coefficient (Wildman–Crippen LogP) is 4.16. The highest BCUT2D eigenvalue weighted by Crippen LogP contribution is 2.31. The number of anilines is 2. The summed E-state index contributed by atoms with van der Waals surface area (Å²) in [5.41, 5.74) is 0.864. The van der Waals surface area contributed by atoms with Gasteiger partial charge in [0.05, 0.1) is 11.0 Å². The summed E-state index contributed by atoms with van der Waals surface area (Å²) >= 11 is 5.86. The molecule has 1 heterocycles. The van der Waals surface area contributed by atoms with Gasteiger partial charge in [0.1, 0.15) is 11.9 Å². The van der Waals surface area contributed by atoms with E-state index in [4.69, 9.17) is 11.6 Å². The molecule has 0 spiro atoms. The normalized spacial score (nSPS) is 17.6. The number of aliphatic hydroxyl groups is 1. The summed E-state index contributed by atoms with van der Waals surface area (Å²) in [4.78, 5) is 26.9. The number of halogens is 2. The van der Waals surface area contributed by atoms with Gasteiger partial charge in [-0.15, -0.1) is 0 Å². The fraction of sp³-hybridized carbons (Fsp3) is 0.200. The van der Waals surface area contributed by atoms with E-state index in [1.807, 2.05) is 0 Å². The van der Waals surface area contributed by atoms with Gasteiger partial charge in [0, 0.05) is 46.7 Å². The van der Waals surface area contributed by atoms with Gasteiger partial charge < -0.3 is 20.6 Å². The molecule has 8 nitrogen and oxygen atoms in total. The van der Waals surface area contributed by atoms with E-state index in [0.717, 1.165) is 12.3 Å². The average molecular weight is 532 g/mol. The Labute approximate surface area is 212 Å². The van der Waals surface area contributed by atoms with Crippen molar-refractivity contribution in [1.82, 2.24) is 4.90 Å². The number of hydrogen-bond donors (Lipinski definition) is 3. The second kappa shape index (κ2) is 10.3. The SMILES string of the molecule is CS(=O)(=O)c1ccccc1-c1ccc(NC(=O)[C@H]2C[C@@H](O)CN2C(=O)Nc2ccc(Cl)cc2)cc1F. The Morgan fingerprint density at radius 1 is 1.00 bits per heavy atom. The number of nitrogens with zero attached hydrogens (tertiary/aromatic N) is 1. The van der Waals surface area contributed by atoms with Crippen LogP contribution in [0.3, 0.4) is 0 Å². The lowest BCUT2D eigenvalue weighted by molar-refractivity contribution is -0.119. The molecule has 1 aliphatic heterocycles. The number of likely N-dealkylation sites (tertiary alicyclic amines) is 1. The highest BCUT2D eigenvalue weighted by atomic mass is 35.5. The van der Waals surface area contributed by atoms with E-state index >= 15 is 0 Å². The van der Waals surface area contributed by atoms with Crippen LogP contribution in [0.5, 0.6) is 0 Å². The minimum atomic E-state index is -3.59. The van der Waals surface area contributed by atoms with Crippen LogP contribution < -0.4 is 10.6 Å². The van der Waals surface area contributed by atoms with Crippen LogP contribution in [0.15, 0.2) is 71.6 Å². The maximum absolute atomic E-state index is 15.0. The number of rotatable bonds is 5. The lowest BCUT2D eigenvalue weighted by Crippen LogP contribution is -2.45. The first kappa shape index (κ1) is 25.6. The molecule has 0 saturated carbocycles. The summed E-state index contributed by atoms with van der Waals surface area (Å²) in [6.45, 7) is -0.0485. The topological polar surface area (TPSA) is 116 Å². The molecule has 0 unspecified atom stereocenters. The molecule has 3 N–H and O–H groups in total. The molecule has 3 aromatic rings. The Balaban J connectivity index is 1.51. The Morgan fingerprint density at radius 3 is 2.33 bits per heavy atom. The minimum absolute atomic E-state index is 0.0111. The molecule has 2 atom stereocenters. The number of nitrogens with one attached hydrogen (secondary N) is 2. The third-order valence-electron chi connectivity index (χ3n) is 5.75. The molecule has 0 radical (unpaired) electrons. The Kier molecular flexibility index (Phi) is 7.30. The van der Waals surface area contributed by atoms with Crippen molar-refractivity contribution in [2.45, 2.75) is 23.5 Å². The van der Waals surface area contributed by atoms with Gasteiger partial charge >= 0.3 is 6.03 Å². The van der Waals surface area contributed by atoms with E-state index in [9.17, 15) is 27.5 Å². The first-order valence-corrected chi connectivity index (χ1v) is 13.2. The van der Waals surface area contributed by atoms with Gasteiger partial charge in [-0.2, -0.15) is 0 Å². The van der Waals surface area contributed by atoms with Crippen LogP contribution in [0.4, 0.5) is 20.6 Å². The molecule has 3 aromatic carbocycles. The summed E-state index contributed by atoms with van der Waals surface area (Å²) in [5, 5.41) is 15.8. The lowest BCUT2D eigenvalue weighted by atomic mass is 10.0. The summed E-state index contributed by atoms with van der Waals surface area (Å²) in [6, 6.07) is 14.8. The Hall–Kier alpha value is -3.47. The molecule has 11 heteroatoms. The second-order valence-corrected chi connectivity index (χ2v) is 10.9. The van der Waals surface area contributed by atoms with Gasteiger partial charge in [0.2, 0.25) is 5.91 Å². The van der Waals surface area contributed by atoms with Crippen LogP contribution >= 0.6 is 11.6 Å². The standard InChI is InChI=1S/C25H23ClFN3O5S/c1-36(34,35)23-5-3-2-4-20(23)19-11-10-17(12-21(19)27)28-24(32)22-13-18(31)14-30(22)25(33)29-16-8-6-15(26)7-9-16/h2-12,18,22,31H,13-14H2,1H3,(H,28,32)(H,29,33)/t18-,22-/m1/s1. The number of carbonyl (C=O) groups is 2. The molecule has 36 heavy (non-hydrogen) atoms. The zero-order valence-corrected chi connectivity index (χ0v) is 20.7. The van der Waals surface area contributed by atoms with E-state index in [1.54, 1.807) is 36.4 Å². The fourth-order valence-corrected chi connectivity index (χ4v) is 5.09. The van der Waals surface area contributed by atoms with Crippen molar-refractivity contribution in [2.24, 2.45) is 0 Å². The van der Waals surface area contributed by atoms with E-state index in [2.05, 4.69) is 10.6 Å². The zero-order valence-electron chi connectivity index (χ0n) is 19.1. The van der Waals surface area contributed by atoms with E-state index < -0.39 is 39.7 Å². The quantitative estimate of drug-likeness (QED) is 0.457. The van der Waals surface area contributed by atoms with Gasteiger partial charge in [0.25, 0.3) is 0 Å². The zero-order chi connectivity index (χ0) is 26.0. The fourth-order valence-electron chi connectivity index (χ4n) is 4.06. The number of amides is 3. The summed E-state index contributed by atoms with van der Waals surface area (Å²) in [5.74, 6) is -1.32. The number of hydrogen-bond acceptors (Lipinski definition) is 5. The van der Waals surface area contributed by atoms with E-state index in [1.165, 1.54) is 29.2 Å². The smallest absolute Gasteiger partial charge is 0.322 e. The van der Waals surface area contributed by atoms with E-state index in [0.29, 0.717) is 10.7 Å². The summed E-state index contributed by atoms with van der Waals surface area (Å²) < 4.78 is 39.2. The van der Waals surface area contributed by atoms with Gasteiger partial charge in [-0.1, -0.05) is 29.8 Å². The molecule has 3 amide bonds. The molecular formula is C25H23ClFN3O5S. The van der Waals surface area contributed by atoms with Crippen LogP contribution in [-0.2, 0) is 14.6 Å². The monoisotopic (exact) mass is 531 g/mol. The van der Waals surface area contributed by atoms with Crippen LogP contribution in [0.1, 0.15) is 6.42 Å². The van der Waals surface area contributed by atoms with Gasteiger partial charge in [-0.3, -0.25) is 4.79 Å². The molecule has 4 rings (SSSR count). The van der Waals surface area contributed by atoms with Gasteiger partial charge in [-0.25, -0.2) is 17.6 Å². The number of β-amino-alcohol motifs (C(OH)–C–C–N with tert-alkyl or cyclic N) is 1. The molecule has 0 bridgehead atoms. The van der Waals surface area contributed by atoms with E-state index in [-0.39, 0.29) is 34.7 Å². The van der Waals surface area contributed by atoms with Crippen molar-refractivity contribution >= 4 is 44.8 Å². The van der Waals surface area contributed by atoms with Crippen molar-refractivity contribution in [3.8, 4) is 11.1 Å². The molecule has 188 valence electrons. The molecule has 0 aromatic heterocycles. The molecular weight excluding hydrogens is 509 g/mol. The largest absolute Gasteiger partial charge is 0.391 e. The highest BCUT2D eigenvalue weighted by Gasteiger charge is 2.39. The van der Waals surface area contributed by atoms with Gasteiger partial charge in [0.15, 0.2) is 9.84 Å². The summed E-state index contributed by atoms with van der Waals surface area (Å²) in [6.07, 6.45) is 0.161. The van der Waals surface area contributed by atoms with Crippen LogP contribution in [0, 0.1) is 5.82 Å². The summed E-state index contributed by atoms with van der Waals surface area (Å²) in [7, 11) is -3.59. The number of aliphatic hydroxyl groups excluding tert-OH is 1. The first-order valence-electron chi connectivity index (χ1n) is 10.9. The van der Waals surface area contributed by atoms with Crippen molar-refractivity contribution in [3.05, 3.63) is 77.6 Å². The van der Waals surface area contributed by atoms with Crippen LogP contribution in [-0.4, -0.2) is 55.3 Å². The maximum atomic E-state index is 15.0. The van der Waals surface area contributed by atoms with Crippen LogP contribution in [0.25, 0.3) is 11.1 Å². The Bertz CT molecular complexity index is 1420. The lowest BCUT2D eigenvalue weighted by Gasteiger charge is -2.24. The molecule has 1 fully saturated rings. The maximum Gasteiger partial charge on any atom is 0.322 e. The van der Waals surface area contributed by atoms with Gasteiger partial charge in [-0.05, 0) is 48.5 Å². The first-order chi connectivity index (χ1) is 17.0. The van der Waals surface area contributed by atoms with Crippen LogP contribution in [0.2, 0.25) is 5.02 Å². The number of sulfone groups is 1. The highest BCUT2D eigenvalue weighted by molar-refractivity contribution is 7.90. The number of carbonyl (C=O) groups excluding carboxylic acids is 2. The third-order valence-corrected chi connectivity index (χ3v) is 7.16. The molecule has 0 aliphatic carbocycles. The second-order valence-electron chi connectivity index (χ2n) is 8.45. The Morgan fingerprint density at radius 2 is 1.67 bits per heavy atom. The van der Waals surface area contributed by atoms with Crippen molar-refractivity contribution in [2.75, 3.05) is 23.4 Å². The third kappa shape index (κ3) is 5.67. The molecule has 1 aliphatic rings. The minimum Gasteiger partial charge on any atom is -0.391 e. The number of benzene rings is 3. The number of urea groups is 1. The molecule has 1 saturated heterocycles. The van der Waals surface area contributed by atoms with Crippen molar-refractivity contribution in [1.29, 1.82) is 0 Å². The predicted molar refractivity (Wildman–Crippen MR) is 135 cm³/mol.